The number of aliphatic hydroxyl groups is 1. The van der Waals surface area contributed by atoms with Gasteiger partial charge in [-0.3, -0.25) is 14.6 Å². The molecule has 2 N–H and O–H groups in total. The van der Waals surface area contributed by atoms with Gasteiger partial charge in [0.15, 0.2) is 11.5 Å². The predicted octanol–water partition coefficient (Wildman–Crippen LogP) is 1.68. The van der Waals surface area contributed by atoms with Crippen molar-refractivity contribution in [2.75, 3.05) is 31.6 Å². The van der Waals surface area contributed by atoms with E-state index < -0.39 is 0 Å². The van der Waals surface area contributed by atoms with Crippen molar-refractivity contribution in [3.63, 3.8) is 0 Å². The lowest BCUT2D eigenvalue weighted by Gasteiger charge is -2.34. The van der Waals surface area contributed by atoms with E-state index in [1.807, 2.05) is 19.2 Å². The lowest BCUT2D eigenvalue weighted by atomic mass is 10.0. The number of aliphatic hydroxyl groups excluding tert-OH is 1. The van der Waals surface area contributed by atoms with E-state index in [1.54, 1.807) is 23.3 Å². The SMILES string of the molecule is Cn1ncc2c(NCCN3CCCC[C@@H]3CO)nc(-c3ccncc3)nc21. The lowest BCUT2D eigenvalue weighted by molar-refractivity contribution is 0.0940. The molecule has 0 aliphatic carbocycles. The Hall–Kier alpha value is -2.58. The zero-order valence-corrected chi connectivity index (χ0v) is 15.5. The van der Waals surface area contributed by atoms with Crippen molar-refractivity contribution >= 4 is 16.9 Å². The summed E-state index contributed by atoms with van der Waals surface area (Å²) in [6, 6.07) is 4.08. The Kier molecular flexibility index (Phi) is 5.26. The fourth-order valence-electron chi connectivity index (χ4n) is 3.67. The first-order chi connectivity index (χ1) is 13.3. The van der Waals surface area contributed by atoms with Gasteiger partial charge in [-0.05, 0) is 31.5 Å². The van der Waals surface area contributed by atoms with E-state index in [0.717, 1.165) is 48.5 Å². The van der Waals surface area contributed by atoms with Crippen molar-refractivity contribution in [1.82, 2.24) is 29.6 Å². The topological polar surface area (TPSA) is 92.0 Å². The van der Waals surface area contributed by atoms with Gasteiger partial charge in [-0.25, -0.2) is 9.97 Å². The number of piperidine rings is 1. The van der Waals surface area contributed by atoms with Crippen molar-refractivity contribution < 1.29 is 5.11 Å². The predicted molar refractivity (Wildman–Crippen MR) is 104 cm³/mol. The minimum atomic E-state index is 0.229. The molecule has 4 heterocycles. The molecule has 1 fully saturated rings. The number of aryl methyl sites for hydroxylation is 1. The van der Waals surface area contributed by atoms with Crippen LogP contribution in [-0.4, -0.2) is 67.0 Å². The van der Waals surface area contributed by atoms with E-state index in [9.17, 15) is 5.11 Å². The molecular weight excluding hydrogens is 342 g/mol. The molecule has 3 aromatic rings. The molecule has 142 valence electrons. The Morgan fingerprint density at radius 1 is 1.22 bits per heavy atom. The number of hydrogen-bond donors (Lipinski definition) is 2. The van der Waals surface area contributed by atoms with Gasteiger partial charge in [0.25, 0.3) is 0 Å². The Balaban J connectivity index is 1.55. The number of rotatable bonds is 6. The summed E-state index contributed by atoms with van der Waals surface area (Å²) in [5.74, 6) is 1.44. The van der Waals surface area contributed by atoms with E-state index in [4.69, 9.17) is 4.98 Å². The molecular formula is C19H25N7O. The van der Waals surface area contributed by atoms with Crippen molar-refractivity contribution in [3.8, 4) is 11.4 Å². The molecule has 0 radical (unpaired) electrons. The number of aromatic nitrogens is 5. The molecule has 1 atom stereocenters. The second-order valence-corrected chi connectivity index (χ2v) is 6.93. The second kappa shape index (κ2) is 7.98. The summed E-state index contributed by atoms with van der Waals surface area (Å²) in [7, 11) is 1.88. The molecule has 0 saturated carbocycles. The maximum absolute atomic E-state index is 9.59. The average Bonchev–Trinajstić information content (AvgIpc) is 3.10. The molecule has 0 bridgehead atoms. The molecule has 8 heteroatoms. The van der Waals surface area contributed by atoms with Crippen LogP contribution in [0.4, 0.5) is 5.82 Å². The fourth-order valence-corrected chi connectivity index (χ4v) is 3.67. The highest BCUT2D eigenvalue weighted by Gasteiger charge is 2.21. The molecule has 8 nitrogen and oxygen atoms in total. The van der Waals surface area contributed by atoms with E-state index >= 15 is 0 Å². The normalized spacial score (nSPS) is 18.1. The number of likely N-dealkylation sites (tertiary alicyclic amines) is 1. The Bertz CT molecular complexity index is 896. The van der Waals surface area contributed by atoms with Crippen LogP contribution >= 0.6 is 0 Å². The third-order valence-corrected chi connectivity index (χ3v) is 5.18. The average molecular weight is 367 g/mol. The van der Waals surface area contributed by atoms with Crippen LogP contribution in [0.15, 0.2) is 30.7 Å². The van der Waals surface area contributed by atoms with Crippen molar-refractivity contribution in [2.45, 2.75) is 25.3 Å². The van der Waals surface area contributed by atoms with Gasteiger partial charge in [0, 0.05) is 44.1 Å². The molecule has 1 aliphatic heterocycles. The number of fused-ring (bicyclic) bond motifs is 1. The van der Waals surface area contributed by atoms with Gasteiger partial charge in [-0.1, -0.05) is 6.42 Å². The first-order valence-electron chi connectivity index (χ1n) is 9.45. The van der Waals surface area contributed by atoms with Gasteiger partial charge in [-0.2, -0.15) is 5.10 Å². The molecule has 0 aromatic carbocycles. The summed E-state index contributed by atoms with van der Waals surface area (Å²) in [5.41, 5.74) is 1.72. The van der Waals surface area contributed by atoms with Crippen molar-refractivity contribution in [3.05, 3.63) is 30.7 Å². The first kappa shape index (κ1) is 17.8. The van der Waals surface area contributed by atoms with Gasteiger partial charge in [0.1, 0.15) is 5.82 Å². The van der Waals surface area contributed by atoms with Crippen LogP contribution < -0.4 is 5.32 Å². The van der Waals surface area contributed by atoms with Crippen LogP contribution in [0.3, 0.4) is 0 Å². The minimum Gasteiger partial charge on any atom is -0.395 e. The Morgan fingerprint density at radius 3 is 2.89 bits per heavy atom. The van der Waals surface area contributed by atoms with Gasteiger partial charge >= 0.3 is 0 Å². The van der Waals surface area contributed by atoms with Gasteiger partial charge < -0.3 is 10.4 Å². The van der Waals surface area contributed by atoms with Gasteiger partial charge in [-0.15, -0.1) is 0 Å². The van der Waals surface area contributed by atoms with Crippen molar-refractivity contribution in [2.24, 2.45) is 7.05 Å². The van der Waals surface area contributed by atoms with Gasteiger partial charge in [0.2, 0.25) is 0 Å². The fraction of sp³-hybridized carbons (Fsp3) is 0.474. The number of pyridine rings is 1. The molecule has 0 spiro atoms. The van der Waals surface area contributed by atoms with E-state index in [0.29, 0.717) is 5.82 Å². The van der Waals surface area contributed by atoms with E-state index in [2.05, 4.69) is 25.3 Å². The Morgan fingerprint density at radius 2 is 2.07 bits per heavy atom. The highest BCUT2D eigenvalue weighted by molar-refractivity contribution is 5.88. The number of nitrogens with zero attached hydrogens (tertiary/aromatic N) is 6. The molecule has 1 aliphatic rings. The first-order valence-corrected chi connectivity index (χ1v) is 9.45. The van der Waals surface area contributed by atoms with Crippen molar-refractivity contribution in [1.29, 1.82) is 0 Å². The van der Waals surface area contributed by atoms with Crippen LogP contribution in [0, 0.1) is 0 Å². The van der Waals surface area contributed by atoms with Gasteiger partial charge in [0.05, 0.1) is 18.2 Å². The number of hydrogen-bond acceptors (Lipinski definition) is 7. The van der Waals surface area contributed by atoms with E-state index in [1.165, 1.54) is 12.8 Å². The maximum Gasteiger partial charge on any atom is 0.164 e. The van der Waals surface area contributed by atoms with Crippen LogP contribution in [0.1, 0.15) is 19.3 Å². The quantitative estimate of drug-likeness (QED) is 0.685. The smallest absolute Gasteiger partial charge is 0.164 e. The zero-order chi connectivity index (χ0) is 18.6. The summed E-state index contributed by atoms with van der Waals surface area (Å²) < 4.78 is 1.76. The van der Waals surface area contributed by atoms with Crippen LogP contribution in [0.25, 0.3) is 22.4 Å². The van der Waals surface area contributed by atoms with Crippen LogP contribution in [0.5, 0.6) is 0 Å². The standard InChI is InChI=1S/C19H25N7O/c1-25-19-16(12-22-25)18(23-17(24-19)14-5-7-20-8-6-14)21-9-11-26-10-3-2-4-15(26)13-27/h5-8,12,15,27H,2-4,9-11,13H2,1H3,(H,21,23,24)/t15-/m1/s1. The largest absolute Gasteiger partial charge is 0.395 e. The zero-order valence-electron chi connectivity index (χ0n) is 15.5. The molecule has 0 unspecified atom stereocenters. The summed E-state index contributed by atoms with van der Waals surface area (Å²) in [4.78, 5) is 15.8. The molecule has 0 amide bonds. The summed E-state index contributed by atoms with van der Waals surface area (Å²) in [5, 5.41) is 18.3. The van der Waals surface area contributed by atoms with Crippen LogP contribution in [0.2, 0.25) is 0 Å². The Labute approximate surface area is 158 Å². The summed E-state index contributed by atoms with van der Waals surface area (Å²) in [6.07, 6.45) is 8.75. The lowest BCUT2D eigenvalue weighted by Crippen LogP contribution is -2.44. The number of anilines is 1. The third-order valence-electron chi connectivity index (χ3n) is 5.18. The molecule has 3 aromatic heterocycles. The van der Waals surface area contributed by atoms with Crippen LogP contribution in [-0.2, 0) is 7.05 Å². The summed E-state index contributed by atoms with van der Waals surface area (Å²) >= 11 is 0. The molecule has 27 heavy (non-hydrogen) atoms. The monoisotopic (exact) mass is 367 g/mol. The third kappa shape index (κ3) is 3.77. The summed E-state index contributed by atoms with van der Waals surface area (Å²) in [6.45, 7) is 2.91. The minimum absolute atomic E-state index is 0.229. The maximum atomic E-state index is 9.59. The highest BCUT2D eigenvalue weighted by Crippen LogP contribution is 2.24. The number of nitrogens with one attached hydrogen (secondary N) is 1. The highest BCUT2D eigenvalue weighted by atomic mass is 16.3. The van der Waals surface area contributed by atoms with E-state index in [-0.39, 0.29) is 12.6 Å². The second-order valence-electron chi connectivity index (χ2n) is 6.93. The molecule has 1 saturated heterocycles. The molecule has 4 rings (SSSR count).